The van der Waals surface area contributed by atoms with Gasteiger partial charge in [0.2, 0.25) is 0 Å². The summed E-state index contributed by atoms with van der Waals surface area (Å²) in [5.41, 5.74) is 8.86. The highest BCUT2D eigenvalue weighted by molar-refractivity contribution is 7.85. The van der Waals surface area contributed by atoms with Crippen LogP contribution in [0.1, 0.15) is 33.4 Å². The van der Waals surface area contributed by atoms with E-state index in [4.69, 9.17) is 5.73 Å². The maximum atomic E-state index is 11.0. The van der Waals surface area contributed by atoms with Crippen LogP contribution in [-0.2, 0) is 11.0 Å². The van der Waals surface area contributed by atoms with E-state index in [1.54, 1.807) is 12.5 Å². The highest BCUT2D eigenvalue weighted by atomic mass is 32.2. The van der Waals surface area contributed by atoms with Crippen LogP contribution in [0.4, 0.5) is 11.5 Å². The summed E-state index contributed by atoms with van der Waals surface area (Å²) in [5.74, 6) is 0.443. The van der Waals surface area contributed by atoms with Crippen molar-refractivity contribution < 1.29 is 4.21 Å². The van der Waals surface area contributed by atoms with Gasteiger partial charge in [-0.2, -0.15) is 0 Å². The SMILES string of the molecule is CC.CC.Cc1nc(-c2ccc(NS(C)=O)cc2)cnc1N. The van der Waals surface area contributed by atoms with Gasteiger partial charge in [0.15, 0.2) is 0 Å². The molecule has 1 aromatic carbocycles. The quantitative estimate of drug-likeness (QED) is 0.901. The number of rotatable bonds is 3. The average molecular weight is 322 g/mol. The number of anilines is 2. The first kappa shape index (κ1) is 20.1. The number of aromatic nitrogens is 2. The van der Waals surface area contributed by atoms with Crippen molar-refractivity contribution in [1.82, 2.24) is 9.97 Å². The summed E-state index contributed by atoms with van der Waals surface area (Å²) in [4.78, 5) is 8.44. The molecule has 2 aromatic rings. The molecule has 0 aliphatic rings. The molecule has 1 aromatic heterocycles. The molecule has 6 heteroatoms. The van der Waals surface area contributed by atoms with Gasteiger partial charge in [-0.25, -0.2) is 14.2 Å². The number of nitrogens with two attached hydrogens (primary N) is 1. The van der Waals surface area contributed by atoms with Gasteiger partial charge >= 0.3 is 0 Å². The molecule has 1 unspecified atom stereocenters. The van der Waals surface area contributed by atoms with E-state index < -0.39 is 11.0 Å². The van der Waals surface area contributed by atoms with Gasteiger partial charge in [-0.15, -0.1) is 0 Å². The maximum absolute atomic E-state index is 11.0. The second-order valence-corrected chi connectivity index (χ2v) is 4.97. The maximum Gasteiger partial charge on any atom is 0.144 e. The van der Waals surface area contributed by atoms with Crippen molar-refractivity contribution in [2.45, 2.75) is 34.6 Å². The molecule has 0 radical (unpaired) electrons. The van der Waals surface area contributed by atoms with E-state index >= 15 is 0 Å². The van der Waals surface area contributed by atoms with E-state index in [0.29, 0.717) is 11.5 Å². The molecular formula is C16H26N4OS. The van der Waals surface area contributed by atoms with Crippen LogP contribution in [0.5, 0.6) is 0 Å². The molecule has 2 rings (SSSR count). The fourth-order valence-electron chi connectivity index (χ4n) is 1.51. The smallest absolute Gasteiger partial charge is 0.144 e. The predicted molar refractivity (Wildman–Crippen MR) is 97.0 cm³/mol. The van der Waals surface area contributed by atoms with Crippen molar-refractivity contribution in [1.29, 1.82) is 0 Å². The summed E-state index contributed by atoms with van der Waals surface area (Å²) in [6.07, 6.45) is 3.23. The van der Waals surface area contributed by atoms with Crippen LogP contribution >= 0.6 is 0 Å². The monoisotopic (exact) mass is 322 g/mol. The van der Waals surface area contributed by atoms with Crippen LogP contribution in [-0.4, -0.2) is 20.4 Å². The summed E-state index contributed by atoms with van der Waals surface area (Å²) in [7, 11) is -1.07. The van der Waals surface area contributed by atoms with Crippen molar-refractivity contribution in [3.63, 3.8) is 0 Å². The molecule has 0 fully saturated rings. The standard InChI is InChI=1S/C12H14N4OS.2C2H6/c1-8-12(13)14-7-11(15-8)9-3-5-10(6-4-9)16-18(2)17;2*1-2/h3-7,16H,1-2H3,(H2,13,14);2*1-2H3. The Hall–Kier alpha value is -1.95. The molecule has 122 valence electrons. The number of nitrogens with zero attached hydrogens (tertiary/aromatic N) is 2. The van der Waals surface area contributed by atoms with E-state index in [2.05, 4.69) is 14.7 Å². The summed E-state index contributed by atoms with van der Waals surface area (Å²) >= 11 is 0. The fraction of sp³-hybridized carbons (Fsp3) is 0.375. The van der Waals surface area contributed by atoms with Crippen molar-refractivity contribution >= 4 is 22.5 Å². The minimum absolute atomic E-state index is 0.443. The van der Waals surface area contributed by atoms with Gasteiger partial charge in [0, 0.05) is 17.5 Å². The van der Waals surface area contributed by atoms with Crippen molar-refractivity contribution in [2.24, 2.45) is 0 Å². The van der Waals surface area contributed by atoms with Crippen LogP contribution in [0.2, 0.25) is 0 Å². The third-order valence-corrected chi connectivity index (χ3v) is 2.95. The van der Waals surface area contributed by atoms with E-state index in [9.17, 15) is 4.21 Å². The Morgan fingerprint density at radius 1 is 1.09 bits per heavy atom. The number of benzene rings is 1. The molecule has 0 bridgehead atoms. The molecule has 0 aliphatic carbocycles. The Morgan fingerprint density at radius 3 is 2.09 bits per heavy atom. The normalized spacial score (nSPS) is 10.5. The molecule has 1 atom stereocenters. The first-order valence-electron chi connectivity index (χ1n) is 7.36. The predicted octanol–water partition coefficient (Wildman–Crippen LogP) is 3.79. The molecule has 5 nitrogen and oxygen atoms in total. The molecule has 22 heavy (non-hydrogen) atoms. The van der Waals surface area contributed by atoms with Gasteiger partial charge in [-0.1, -0.05) is 39.8 Å². The van der Waals surface area contributed by atoms with Gasteiger partial charge < -0.3 is 10.5 Å². The Morgan fingerprint density at radius 2 is 1.64 bits per heavy atom. The fourth-order valence-corrected chi connectivity index (χ4v) is 1.97. The lowest BCUT2D eigenvalue weighted by Gasteiger charge is -2.06. The van der Waals surface area contributed by atoms with Gasteiger partial charge in [0.1, 0.15) is 16.8 Å². The highest BCUT2D eigenvalue weighted by Gasteiger charge is 2.03. The molecular weight excluding hydrogens is 296 g/mol. The van der Waals surface area contributed by atoms with Gasteiger partial charge in [-0.05, 0) is 19.1 Å². The molecule has 0 amide bonds. The Bertz CT molecular complexity index is 585. The molecule has 0 saturated carbocycles. The lowest BCUT2D eigenvalue weighted by atomic mass is 10.1. The number of nitrogen functional groups attached to an aromatic ring is 1. The molecule has 3 N–H and O–H groups in total. The highest BCUT2D eigenvalue weighted by Crippen LogP contribution is 2.20. The first-order valence-corrected chi connectivity index (χ1v) is 8.91. The van der Waals surface area contributed by atoms with Crippen LogP contribution in [0.3, 0.4) is 0 Å². The topological polar surface area (TPSA) is 80.9 Å². The van der Waals surface area contributed by atoms with Crippen molar-refractivity contribution in [3.8, 4) is 11.3 Å². The van der Waals surface area contributed by atoms with Crippen molar-refractivity contribution in [3.05, 3.63) is 36.2 Å². The van der Waals surface area contributed by atoms with E-state index in [1.807, 2.05) is 58.9 Å². The summed E-state index contributed by atoms with van der Waals surface area (Å²) in [5, 5.41) is 0. The second kappa shape index (κ2) is 10.7. The second-order valence-electron chi connectivity index (χ2n) is 3.86. The Balaban J connectivity index is 0.00000102. The number of aryl methyl sites for hydroxylation is 1. The average Bonchev–Trinajstić information content (AvgIpc) is 2.54. The zero-order chi connectivity index (χ0) is 17.1. The molecule has 1 heterocycles. The van der Waals surface area contributed by atoms with Crippen LogP contribution < -0.4 is 10.5 Å². The lowest BCUT2D eigenvalue weighted by molar-refractivity contribution is 0.690. The van der Waals surface area contributed by atoms with Gasteiger partial charge in [0.25, 0.3) is 0 Å². The summed E-state index contributed by atoms with van der Waals surface area (Å²) in [6, 6.07) is 7.50. The summed E-state index contributed by atoms with van der Waals surface area (Å²) < 4.78 is 13.8. The Labute approximate surface area is 136 Å². The van der Waals surface area contributed by atoms with Gasteiger partial charge in [0.05, 0.1) is 17.6 Å². The first-order chi connectivity index (χ1) is 10.6. The molecule has 0 aliphatic heterocycles. The van der Waals surface area contributed by atoms with E-state index in [-0.39, 0.29) is 0 Å². The number of hydrogen-bond acceptors (Lipinski definition) is 4. The van der Waals surface area contributed by atoms with Crippen LogP contribution in [0, 0.1) is 6.92 Å². The zero-order valence-electron chi connectivity index (χ0n) is 14.2. The third kappa shape index (κ3) is 6.22. The lowest BCUT2D eigenvalue weighted by Crippen LogP contribution is -2.01. The largest absolute Gasteiger partial charge is 0.382 e. The zero-order valence-corrected chi connectivity index (χ0v) is 15.0. The summed E-state index contributed by atoms with van der Waals surface area (Å²) in [6.45, 7) is 9.82. The number of hydrogen-bond donors (Lipinski definition) is 2. The molecule has 0 spiro atoms. The Kier molecular flexibility index (Phi) is 9.78. The van der Waals surface area contributed by atoms with E-state index in [1.165, 1.54) is 0 Å². The van der Waals surface area contributed by atoms with Crippen LogP contribution in [0.15, 0.2) is 30.5 Å². The van der Waals surface area contributed by atoms with E-state index in [0.717, 1.165) is 16.9 Å². The minimum atomic E-state index is -1.07. The number of nitrogens with one attached hydrogen (secondary N) is 1. The minimum Gasteiger partial charge on any atom is -0.382 e. The third-order valence-electron chi connectivity index (χ3n) is 2.43. The molecule has 0 saturated heterocycles. The van der Waals surface area contributed by atoms with Crippen molar-refractivity contribution in [2.75, 3.05) is 16.7 Å². The van der Waals surface area contributed by atoms with Gasteiger partial charge in [-0.3, -0.25) is 0 Å². The van der Waals surface area contributed by atoms with Crippen LogP contribution in [0.25, 0.3) is 11.3 Å².